The largest absolute Gasteiger partial charge is 0.396 e. The van der Waals surface area contributed by atoms with E-state index in [1.165, 1.54) is 12.1 Å². The lowest BCUT2D eigenvalue weighted by atomic mass is 10.1. The fraction of sp³-hybridized carbons (Fsp3) is 0.455. The van der Waals surface area contributed by atoms with Crippen molar-refractivity contribution in [2.75, 3.05) is 19.7 Å². The minimum atomic E-state index is -0.875. The number of aliphatic hydroxyl groups excluding tert-OH is 1. The molecule has 1 aromatic carbocycles. The van der Waals surface area contributed by atoms with Gasteiger partial charge in [0.15, 0.2) is 11.6 Å². The Morgan fingerprint density at radius 3 is 2.75 bits per heavy atom. The summed E-state index contributed by atoms with van der Waals surface area (Å²) in [5.74, 6) is -1.74. The highest BCUT2D eigenvalue weighted by molar-refractivity contribution is 5.22. The van der Waals surface area contributed by atoms with Gasteiger partial charge in [0, 0.05) is 24.8 Å². The molecule has 4 N–H and O–H groups in total. The molecule has 1 unspecified atom stereocenters. The van der Waals surface area contributed by atoms with Gasteiger partial charge in [-0.25, -0.2) is 8.78 Å². The number of hydrogen-bond donors (Lipinski definition) is 3. The van der Waals surface area contributed by atoms with Crippen molar-refractivity contribution in [3.63, 3.8) is 0 Å². The topological polar surface area (TPSA) is 58.3 Å². The molecule has 0 radical (unpaired) electrons. The maximum Gasteiger partial charge on any atom is 0.163 e. The Bertz CT molecular complexity index is 334. The highest BCUT2D eigenvalue weighted by atomic mass is 19.2. The van der Waals surface area contributed by atoms with Crippen LogP contribution in [0, 0.1) is 11.6 Å². The minimum absolute atomic E-state index is 0.0515. The standard InChI is InChI=1S/C11H16F2N2O/c12-9-4-1-3-8(11(9)13)10(7-14)15-5-2-6-16/h1,3-4,10,15-16H,2,5-7,14H2. The number of aliphatic hydroxyl groups is 1. The van der Waals surface area contributed by atoms with Gasteiger partial charge in [0.05, 0.1) is 0 Å². The van der Waals surface area contributed by atoms with Crippen molar-refractivity contribution in [2.24, 2.45) is 5.73 Å². The van der Waals surface area contributed by atoms with Crippen molar-refractivity contribution in [1.29, 1.82) is 0 Å². The van der Waals surface area contributed by atoms with Crippen LogP contribution in [-0.4, -0.2) is 24.8 Å². The third-order valence-corrected chi connectivity index (χ3v) is 2.32. The van der Waals surface area contributed by atoms with Gasteiger partial charge in [-0.1, -0.05) is 12.1 Å². The van der Waals surface area contributed by atoms with Gasteiger partial charge in [0.2, 0.25) is 0 Å². The molecule has 0 saturated carbocycles. The van der Waals surface area contributed by atoms with Gasteiger partial charge in [0.25, 0.3) is 0 Å². The van der Waals surface area contributed by atoms with Gasteiger partial charge in [-0.05, 0) is 19.0 Å². The summed E-state index contributed by atoms with van der Waals surface area (Å²) in [6.45, 7) is 0.732. The van der Waals surface area contributed by atoms with Gasteiger partial charge in [-0.3, -0.25) is 0 Å². The first-order valence-electron chi connectivity index (χ1n) is 5.19. The second-order valence-electron chi connectivity index (χ2n) is 3.46. The predicted molar refractivity (Wildman–Crippen MR) is 57.9 cm³/mol. The van der Waals surface area contributed by atoms with Crippen molar-refractivity contribution < 1.29 is 13.9 Å². The quantitative estimate of drug-likeness (QED) is 0.637. The first-order valence-corrected chi connectivity index (χ1v) is 5.19. The van der Waals surface area contributed by atoms with Crippen LogP contribution < -0.4 is 11.1 Å². The Hall–Kier alpha value is -1.04. The SMILES string of the molecule is NCC(NCCCO)c1cccc(F)c1F. The molecule has 0 bridgehead atoms. The van der Waals surface area contributed by atoms with E-state index in [1.54, 1.807) is 0 Å². The molecule has 0 saturated heterocycles. The van der Waals surface area contributed by atoms with Crippen molar-refractivity contribution in [2.45, 2.75) is 12.5 Å². The lowest BCUT2D eigenvalue weighted by Crippen LogP contribution is -2.30. The predicted octanol–water partition coefficient (Wildman–Crippen LogP) is 0.937. The maximum absolute atomic E-state index is 13.4. The van der Waals surface area contributed by atoms with Gasteiger partial charge in [-0.15, -0.1) is 0 Å². The number of rotatable bonds is 6. The van der Waals surface area contributed by atoms with E-state index in [9.17, 15) is 8.78 Å². The Labute approximate surface area is 93.3 Å². The van der Waals surface area contributed by atoms with E-state index in [2.05, 4.69) is 5.32 Å². The zero-order valence-electron chi connectivity index (χ0n) is 8.92. The van der Waals surface area contributed by atoms with Gasteiger partial charge in [-0.2, -0.15) is 0 Å². The second-order valence-corrected chi connectivity index (χ2v) is 3.46. The molecule has 0 aromatic heterocycles. The van der Waals surface area contributed by atoms with E-state index in [4.69, 9.17) is 10.8 Å². The van der Waals surface area contributed by atoms with Crippen LogP contribution in [0.1, 0.15) is 18.0 Å². The van der Waals surface area contributed by atoms with E-state index in [0.29, 0.717) is 13.0 Å². The molecule has 1 rings (SSSR count). The van der Waals surface area contributed by atoms with Gasteiger partial charge < -0.3 is 16.2 Å². The van der Waals surface area contributed by atoms with Gasteiger partial charge in [0.1, 0.15) is 0 Å². The number of halogens is 2. The molecule has 0 spiro atoms. The number of nitrogens with one attached hydrogen (secondary N) is 1. The molecule has 0 amide bonds. The molecule has 3 nitrogen and oxygen atoms in total. The van der Waals surface area contributed by atoms with Crippen LogP contribution >= 0.6 is 0 Å². The highest BCUT2D eigenvalue weighted by Crippen LogP contribution is 2.18. The Morgan fingerprint density at radius 1 is 1.38 bits per heavy atom. The summed E-state index contributed by atoms with van der Waals surface area (Å²) >= 11 is 0. The first-order chi connectivity index (χ1) is 7.70. The van der Waals surface area contributed by atoms with Crippen LogP contribution in [0.25, 0.3) is 0 Å². The Kier molecular flexibility index (Phi) is 5.31. The van der Waals surface area contributed by atoms with Crippen LogP contribution in [0.4, 0.5) is 8.78 Å². The van der Waals surface area contributed by atoms with Crippen LogP contribution in [0.15, 0.2) is 18.2 Å². The fourth-order valence-corrected chi connectivity index (χ4v) is 1.47. The molecule has 1 atom stereocenters. The van der Waals surface area contributed by atoms with E-state index in [0.717, 1.165) is 6.07 Å². The summed E-state index contributed by atoms with van der Waals surface area (Å²) in [6.07, 6.45) is 0.549. The number of nitrogens with two attached hydrogens (primary N) is 1. The molecular formula is C11H16F2N2O. The molecule has 1 aromatic rings. The summed E-state index contributed by atoms with van der Waals surface area (Å²) in [5.41, 5.74) is 5.71. The molecule has 0 aliphatic heterocycles. The van der Waals surface area contributed by atoms with Crippen LogP contribution in [0.5, 0.6) is 0 Å². The normalized spacial score (nSPS) is 12.8. The van der Waals surface area contributed by atoms with E-state index < -0.39 is 17.7 Å². The Balaban J connectivity index is 2.74. The highest BCUT2D eigenvalue weighted by Gasteiger charge is 2.15. The summed E-state index contributed by atoms with van der Waals surface area (Å²) < 4.78 is 26.4. The first kappa shape index (κ1) is 13.0. The van der Waals surface area contributed by atoms with E-state index in [1.807, 2.05) is 0 Å². The van der Waals surface area contributed by atoms with E-state index in [-0.39, 0.29) is 18.7 Å². The summed E-state index contributed by atoms with van der Waals surface area (Å²) in [5, 5.41) is 11.6. The molecule has 90 valence electrons. The molecular weight excluding hydrogens is 214 g/mol. The number of hydrogen-bond acceptors (Lipinski definition) is 3. The zero-order chi connectivity index (χ0) is 12.0. The van der Waals surface area contributed by atoms with Crippen LogP contribution in [-0.2, 0) is 0 Å². The molecule has 16 heavy (non-hydrogen) atoms. The molecule has 0 heterocycles. The van der Waals surface area contributed by atoms with Crippen molar-refractivity contribution >= 4 is 0 Å². The van der Waals surface area contributed by atoms with E-state index >= 15 is 0 Å². The molecule has 5 heteroatoms. The lowest BCUT2D eigenvalue weighted by Gasteiger charge is -2.17. The summed E-state index contributed by atoms with van der Waals surface area (Å²) in [6, 6.07) is 3.59. The van der Waals surface area contributed by atoms with Crippen molar-refractivity contribution in [1.82, 2.24) is 5.32 Å². The molecule has 0 aliphatic carbocycles. The smallest absolute Gasteiger partial charge is 0.163 e. The monoisotopic (exact) mass is 230 g/mol. The van der Waals surface area contributed by atoms with Crippen LogP contribution in [0.2, 0.25) is 0 Å². The summed E-state index contributed by atoms with van der Waals surface area (Å²) in [7, 11) is 0. The summed E-state index contributed by atoms with van der Waals surface area (Å²) in [4.78, 5) is 0. The lowest BCUT2D eigenvalue weighted by molar-refractivity contribution is 0.283. The molecule has 0 aliphatic rings. The van der Waals surface area contributed by atoms with Crippen molar-refractivity contribution in [3.8, 4) is 0 Å². The van der Waals surface area contributed by atoms with Gasteiger partial charge >= 0.3 is 0 Å². The molecule has 0 fully saturated rings. The zero-order valence-corrected chi connectivity index (χ0v) is 8.92. The van der Waals surface area contributed by atoms with Crippen molar-refractivity contribution in [3.05, 3.63) is 35.4 Å². The third kappa shape index (κ3) is 3.23. The Morgan fingerprint density at radius 2 is 2.12 bits per heavy atom. The number of benzene rings is 1. The van der Waals surface area contributed by atoms with Crippen LogP contribution in [0.3, 0.4) is 0 Å². The third-order valence-electron chi connectivity index (χ3n) is 2.32. The maximum atomic E-state index is 13.4. The minimum Gasteiger partial charge on any atom is -0.396 e. The second kappa shape index (κ2) is 6.52. The fourth-order valence-electron chi connectivity index (χ4n) is 1.47. The average Bonchev–Trinajstić information content (AvgIpc) is 2.29. The average molecular weight is 230 g/mol.